The van der Waals surface area contributed by atoms with E-state index in [0.29, 0.717) is 32.8 Å². The SMILES string of the molecule is COC(=O)CNC(=O)c1cccc(NC(=O)c2c(C)oc(C)c2Br)c1. The van der Waals surface area contributed by atoms with E-state index in [-0.39, 0.29) is 12.5 Å². The number of rotatable bonds is 5. The average molecular weight is 409 g/mol. The topological polar surface area (TPSA) is 97.6 Å². The van der Waals surface area contributed by atoms with Crippen LogP contribution >= 0.6 is 15.9 Å². The van der Waals surface area contributed by atoms with Gasteiger partial charge in [-0.25, -0.2) is 0 Å². The fourth-order valence-electron chi connectivity index (χ4n) is 2.17. The van der Waals surface area contributed by atoms with E-state index in [1.165, 1.54) is 13.2 Å². The molecule has 1 aromatic heterocycles. The number of hydrogen-bond donors (Lipinski definition) is 2. The van der Waals surface area contributed by atoms with Gasteiger partial charge in [-0.2, -0.15) is 0 Å². The molecule has 7 nitrogen and oxygen atoms in total. The van der Waals surface area contributed by atoms with Gasteiger partial charge in [-0.15, -0.1) is 0 Å². The van der Waals surface area contributed by atoms with E-state index in [0.717, 1.165) is 0 Å². The molecule has 0 aliphatic heterocycles. The van der Waals surface area contributed by atoms with Crippen LogP contribution in [0.3, 0.4) is 0 Å². The minimum Gasteiger partial charge on any atom is -0.468 e. The first-order valence-corrected chi connectivity index (χ1v) is 8.14. The largest absolute Gasteiger partial charge is 0.468 e. The van der Waals surface area contributed by atoms with Crippen molar-refractivity contribution in [1.29, 1.82) is 0 Å². The first kappa shape index (κ1) is 18.7. The number of hydrogen-bond acceptors (Lipinski definition) is 5. The zero-order valence-electron chi connectivity index (χ0n) is 13.9. The minimum atomic E-state index is -0.548. The molecule has 2 amide bonds. The molecule has 1 heterocycles. The highest BCUT2D eigenvalue weighted by Crippen LogP contribution is 2.28. The predicted octanol–water partition coefficient (Wildman–Crippen LogP) is 2.81. The Kier molecular flexibility index (Phi) is 5.97. The Balaban J connectivity index is 2.12. The molecule has 25 heavy (non-hydrogen) atoms. The van der Waals surface area contributed by atoms with Crippen LogP contribution < -0.4 is 10.6 Å². The molecule has 2 N–H and O–H groups in total. The van der Waals surface area contributed by atoms with Gasteiger partial charge in [0, 0.05) is 11.3 Å². The second kappa shape index (κ2) is 7.98. The van der Waals surface area contributed by atoms with Gasteiger partial charge in [-0.05, 0) is 48.0 Å². The third-order valence-corrected chi connectivity index (χ3v) is 4.37. The van der Waals surface area contributed by atoms with E-state index in [4.69, 9.17) is 4.42 Å². The number of amides is 2. The molecule has 2 aromatic rings. The molecule has 0 aliphatic rings. The highest BCUT2D eigenvalue weighted by Gasteiger charge is 2.20. The molecule has 132 valence electrons. The molecule has 0 atom stereocenters. The van der Waals surface area contributed by atoms with Gasteiger partial charge in [-0.3, -0.25) is 14.4 Å². The van der Waals surface area contributed by atoms with Crippen molar-refractivity contribution >= 4 is 39.4 Å². The molecular formula is C17H17BrN2O5. The Hall–Kier alpha value is -2.61. The van der Waals surface area contributed by atoms with E-state index in [1.807, 2.05) is 0 Å². The van der Waals surface area contributed by atoms with E-state index in [9.17, 15) is 14.4 Å². The predicted molar refractivity (Wildman–Crippen MR) is 94.6 cm³/mol. The number of esters is 1. The molecule has 0 radical (unpaired) electrons. The maximum atomic E-state index is 12.4. The summed E-state index contributed by atoms with van der Waals surface area (Å²) in [7, 11) is 1.24. The second-order valence-corrected chi connectivity index (χ2v) is 5.99. The van der Waals surface area contributed by atoms with Crippen molar-refractivity contribution < 1.29 is 23.5 Å². The molecule has 8 heteroatoms. The van der Waals surface area contributed by atoms with E-state index >= 15 is 0 Å². The Labute approximate surface area is 152 Å². The Bertz CT molecular complexity index is 828. The van der Waals surface area contributed by atoms with Crippen LogP contribution in [0, 0.1) is 13.8 Å². The van der Waals surface area contributed by atoms with Crippen LogP contribution in [0.2, 0.25) is 0 Å². The van der Waals surface area contributed by atoms with Crippen molar-refractivity contribution in [1.82, 2.24) is 5.32 Å². The first-order chi connectivity index (χ1) is 11.8. The summed E-state index contributed by atoms with van der Waals surface area (Å²) in [5.41, 5.74) is 1.15. The molecule has 0 bridgehead atoms. The Morgan fingerprint density at radius 3 is 2.48 bits per heavy atom. The number of ether oxygens (including phenoxy) is 1. The molecule has 1 aromatic carbocycles. The van der Waals surface area contributed by atoms with Crippen molar-refractivity contribution in [2.75, 3.05) is 19.0 Å². The van der Waals surface area contributed by atoms with Crippen LogP contribution in [-0.4, -0.2) is 31.4 Å². The van der Waals surface area contributed by atoms with Crippen molar-refractivity contribution in [3.63, 3.8) is 0 Å². The van der Waals surface area contributed by atoms with Gasteiger partial charge < -0.3 is 19.8 Å². The molecule has 0 saturated carbocycles. The standard InChI is InChI=1S/C17H17BrN2O5/c1-9-14(15(18)10(2)25-9)17(23)20-12-6-4-5-11(7-12)16(22)19-8-13(21)24-3/h4-7H,8H2,1-3H3,(H,19,22)(H,20,23). The van der Waals surface area contributed by atoms with E-state index in [2.05, 4.69) is 31.3 Å². The number of methoxy groups -OCH3 is 1. The second-order valence-electron chi connectivity index (χ2n) is 5.20. The molecule has 0 unspecified atom stereocenters. The van der Waals surface area contributed by atoms with Gasteiger partial charge >= 0.3 is 5.97 Å². The number of aryl methyl sites for hydroxylation is 2. The number of carbonyl (C=O) groups is 3. The van der Waals surface area contributed by atoms with Gasteiger partial charge in [0.1, 0.15) is 18.1 Å². The van der Waals surface area contributed by atoms with Crippen molar-refractivity contribution in [3.05, 3.63) is 51.4 Å². The lowest BCUT2D eigenvalue weighted by Crippen LogP contribution is -2.30. The van der Waals surface area contributed by atoms with Crippen LogP contribution in [0.1, 0.15) is 32.2 Å². The van der Waals surface area contributed by atoms with Crippen molar-refractivity contribution in [2.24, 2.45) is 0 Å². The summed E-state index contributed by atoms with van der Waals surface area (Å²) in [6.07, 6.45) is 0. The fourth-order valence-corrected chi connectivity index (χ4v) is 2.71. The number of nitrogens with one attached hydrogen (secondary N) is 2. The molecule has 0 fully saturated rings. The number of halogens is 1. The van der Waals surface area contributed by atoms with Gasteiger partial charge in [0.25, 0.3) is 11.8 Å². The van der Waals surface area contributed by atoms with Crippen LogP contribution in [0.5, 0.6) is 0 Å². The lowest BCUT2D eigenvalue weighted by Gasteiger charge is -2.08. The zero-order valence-corrected chi connectivity index (χ0v) is 15.5. The molecule has 2 rings (SSSR count). The van der Waals surface area contributed by atoms with E-state index in [1.54, 1.807) is 32.0 Å². The molecular weight excluding hydrogens is 392 g/mol. The number of anilines is 1. The third kappa shape index (κ3) is 4.48. The van der Waals surface area contributed by atoms with E-state index < -0.39 is 11.9 Å². The van der Waals surface area contributed by atoms with Gasteiger partial charge in [0.15, 0.2) is 0 Å². The molecule has 0 saturated heterocycles. The minimum absolute atomic E-state index is 0.230. The fraction of sp³-hybridized carbons (Fsp3) is 0.235. The zero-order chi connectivity index (χ0) is 18.6. The molecule has 0 aliphatic carbocycles. The monoisotopic (exact) mass is 408 g/mol. The Morgan fingerprint density at radius 2 is 1.88 bits per heavy atom. The van der Waals surface area contributed by atoms with Crippen molar-refractivity contribution in [2.45, 2.75) is 13.8 Å². The maximum absolute atomic E-state index is 12.4. The van der Waals surface area contributed by atoms with Crippen LogP contribution in [0.4, 0.5) is 5.69 Å². The van der Waals surface area contributed by atoms with Gasteiger partial charge in [0.2, 0.25) is 0 Å². The summed E-state index contributed by atoms with van der Waals surface area (Å²) in [6, 6.07) is 6.38. The van der Waals surface area contributed by atoms with Crippen molar-refractivity contribution in [3.8, 4) is 0 Å². The summed E-state index contributed by atoms with van der Waals surface area (Å²) in [5, 5.41) is 5.16. The smallest absolute Gasteiger partial charge is 0.325 e. The van der Waals surface area contributed by atoms with Gasteiger partial charge in [0.05, 0.1) is 17.1 Å². The lowest BCUT2D eigenvalue weighted by molar-refractivity contribution is -0.139. The lowest BCUT2D eigenvalue weighted by atomic mass is 10.1. The number of benzene rings is 1. The van der Waals surface area contributed by atoms with Crippen LogP contribution in [0.15, 0.2) is 33.2 Å². The summed E-state index contributed by atoms with van der Waals surface area (Å²) < 4.78 is 10.5. The average Bonchev–Trinajstić information content (AvgIpc) is 2.84. The van der Waals surface area contributed by atoms with Crippen LogP contribution in [0.25, 0.3) is 0 Å². The summed E-state index contributed by atoms with van der Waals surface area (Å²) in [4.78, 5) is 35.5. The summed E-state index contributed by atoms with van der Waals surface area (Å²) in [6.45, 7) is 3.22. The summed E-state index contributed by atoms with van der Waals surface area (Å²) >= 11 is 3.33. The first-order valence-electron chi connectivity index (χ1n) is 7.35. The Morgan fingerprint density at radius 1 is 1.16 bits per heavy atom. The number of carbonyl (C=O) groups excluding carboxylic acids is 3. The third-order valence-electron chi connectivity index (χ3n) is 3.42. The normalized spacial score (nSPS) is 10.2. The highest BCUT2D eigenvalue weighted by molar-refractivity contribution is 9.10. The summed E-state index contributed by atoms with van der Waals surface area (Å²) in [5.74, 6) is -0.243. The molecule has 0 spiro atoms. The maximum Gasteiger partial charge on any atom is 0.325 e. The van der Waals surface area contributed by atoms with Crippen LogP contribution in [-0.2, 0) is 9.53 Å². The quantitative estimate of drug-likeness (QED) is 0.741. The van der Waals surface area contributed by atoms with Gasteiger partial charge in [-0.1, -0.05) is 6.07 Å². The number of furan rings is 1. The highest BCUT2D eigenvalue weighted by atomic mass is 79.9.